The minimum Gasteiger partial charge on any atom is -0.305 e. The highest BCUT2D eigenvalue weighted by molar-refractivity contribution is 7.92. The summed E-state index contributed by atoms with van der Waals surface area (Å²) in [5.41, 5.74) is 3.53. The van der Waals surface area contributed by atoms with Crippen LogP contribution in [0.4, 0.5) is 11.4 Å². The van der Waals surface area contributed by atoms with Gasteiger partial charge in [-0.2, -0.15) is 0 Å². The summed E-state index contributed by atoms with van der Waals surface area (Å²) in [5, 5.41) is 0. The molecule has 1 atom stereocenters. The topological polar surface area (TPSA) is 57.7 Å². The molecule has 1 aliphatic rings. The maximum Gasteiger partial charge on any atom is 0.264 e. The van der Waals surface area contributed by atoms with Gasteiger partial charge in [0.15, 0.2) is 0 Å². The number of benzene rings is 4. The molecular formula is C29H26N2O3S. The number of carbonyl (C=O) groups excluding carboxylic acids is 1. The van der Waals surface area contributed by atoms with Gasteiger partial charge in [0.1, 0.15) is 0 Å². The molecular weight excluding hydrogens is 456 g/mol. The fourth-order valence-electron chi connectivity index (χ4n) is 4.65. The maximum absolute atomic E-state index is 14.0. The molecule has 1 heterocycles. The monoisotopic (exact) mass is 482 g/mol. The van der Waals surface area contributed by atoms with Crippen molar-refractivity contribution in [2.24, 2.45) is 0 Å². The van der Waals surface area contributed by atoms with Gasteiger partial charge in [-0.05, 0) is 54.8 Å². The van der Waals surface area contributed by atoms with Crippen LogP contribution in [0, 0.1) is 0 Å². The lowest BCUT2D eigenvalue weighted by Crippen LogP contribution is -2.38. The number of rotatable bonds is 6. The standard InChI is InChI=1S/C29H26N2O3S/c1-22-20-24-14-8-10-18-27(24)31(22)29(32)26-17-9-11-19-28(26)30(21-23-12-4-2-5-13-23)35(33,34)25-15-6-3-7-16-25/h2-19,22H,20-21H2,1H3/t22-/m1/s1. The number of amides is 1. The molecule has 0 aliphatic carbocycles. The molecule has 4 aromatic rings. The van der Waals surface area contributed by atoms with E-state index in [1.54, 1.807) is 59.5 Å². The zero-order chi connectivity index (χ0) is 24.4. The van der Waals surface area contributed by atoms with Crippen molar-refractivity contribution in [2.75, 3.05) is 9.21 Å². The fraction of sp³-hybridized carbons (Fsp3) is 0.138. The minimum absolute atomic E-state index is 0.0266. The van der Waals surface area contributed by atoms with E-state index in [1.165, 1.54) is 4.31 Å². The van der Waals surface area contributed by atoms with Crippen LogP contribution in [-0.4, -0.2) is 20.4 Å². The molecule has 176 valence electrons. The van der Waals surface area contributed by atoms with Crippen molar-refractivity contribution < 1.29 is 13.2 Å². The third kappa shape index (κ3) is 4.33. The lowest BCUT2D eigenvalue weighted by atomic mass is 10.1. The highest BCUT2D eigenvalue weighted by atomic mass is 32.2. The summed E-state index contributed by atoms with van der Waals surface area (Å²) >= 11 is 0. The molecule has 0 N–H and O–H groups in total. The Hall–Kier alpha value is -3.90. The average Bonchev–Trinajstić information content (AvgIpc) is 3.23. The number of para-hydroxylation sites is 2. The lowest BCUT2D eigenvalue weighted by molar-refractivity contribution is 0.0982. The molecule has 5 rings (SSSR count). The highest BCUT2D eigenvalue weighted by Crippen LogP contribution is 2.36. The van der Waals surface area contributed by atoms with Crippen molar-refractivity contribution in [3.63, 3.8) is 0 Å². The van der Waals surface area contributed by atoms with E-state index in [4.69, 9.17) is 0 Å². The van der Waals surface area contributed by atoms with Crippen LogP contribution in [0.3, 0.4) is 0 Å². The van der Waals surface area contributed by atoms with Gasteiger partial charge in [0, 0.05) is 11.7 Å². The van der Waals surface area contributed by atoms with Crippen molar-refractivity contribution in [3.8, 4) is 0 Å². The van der Waals surface area contributed by atoms with Gasteiger partial charge in [0.25, 0.3) is 15.9 Å². The Labute approximate surface area is 206 Å². The lowest BCUT2D eigenvalue weighted by Gasteiger charge is -2.29. The first kappa shape index (κ1) is 22.9. The van der Waals surface area contributed by atoms with E-state index in [0.717, 1.165) is 23.2 Å². The van der Waals surface area contributed by atoms with Crippen LogP contribution in [0.5, 0.6) is 0 Å². The normalized spacial score (nSPS) is 15.0. The van der Waals surface area contributed by atoms with Crippen molar-refractivity contribution in [3.05, 3.63) is 126 Å². The zero-order valence-corrected chi connectivity index (χ0v) is 20.2. The van der Waals surface area contributed by atoms with Gasteiger partial charge in [-0.3, -0.25) is 9.10 Å². The average molecular weight is 483 g/mol. The molecule has 0 unspecified atom stereocenters. The van der Waals surface area contributed by atoms with Crippen LogP contribution < -0.4 is 9.21 Å². The molecule has 0 radical (unpaired) electrons. The fourth-order valence-corrected chi connectivity index (χ4v) is 6.14. The van der Waals surface area contributed by atoms with E-state index >= 15 is 0 Å². The number of fused-ring (bicyclic) bond motifs is 1. The molecule has 0 aromatic heterocycles. The quantitative estimate of drug-likeness (QED) is 0.356. The van der Waals surface area contributed by atoms with Gasteiger partial charge in [0.05, 0.1) is 22.7 Å². The second kappa shape index (κ2) is 9.39. The van der Waals surface area contributed by atoms with Crippen LogP contribution in [0.15, 0.2) is 114 Å². The van der Waals surface area contributed by atoms with E-state index in [9.17, 15) is 13.2 Å². The second-order valence-electron chi connectivity index (χ2n) is 8.68. The number of anilines is 2. The van der Waals surface area contributed by atoms with Crippen LogP contribution in [0.1, 0.15) is 28.4 Å². The predicted octanol–water partition coefficient (Wildman–Crippen LogP) is 5.67. The first-order valence-corrected chi connectivity index (χ1v) is 13.0. The minimum atomic E-state index is -3.94. The zero-order valence-electron chi connectivity index (χ0n) is 19.4. The number of hydrogen-bond acceptors (Lipinski definition) is 3. The van der Waals surface area contributed by atoms with E-state index in [2.05, 4.69) is 0 Å². The number of hydrogen-bond donors (Lipinski definition) is 0. The van der Waals surface area contributed by atoms with Gasteiger partial charge >= 0.3 is 0 Å². The summed E-state index contributed by atoms with van der Waals surface area (Å²) in [6.07, 6.45) is 0.764. The molecule has 1 amide bonds. The summed E-state index contributed by atoms with van der Waals surface area (Å²) in [6.45, 7) is 2.12. The smallest absolute Gasteiger partial charge is 0.264 e. The molecule has 6 heteroatoms. The van der Waals surface area contributed by atoms with Crippen LogP contribution >= 0.6 is 0 Å². The van der Waals surface area contributed by atoms with Crippen molar-refractivity contribution in [1.29, 1.82) is 0 Å². The van der Waals surface area contributed by atoms with E-state index in [-0.39, 0.29) is 23.4 Å². The summed E-state index contributed by atoms with van der Waals surface area (Å²) in [7, 11) is -3.94. The summed E-state index contributed by atoms with van der Waals surface area (Å²) in [5.74, 6) is -0.209. The Morgan fingerprint density at radius 1 is 0.829 bits per heavy atom. The van der Waals surface area contributed by atoms with Crippen molar-refractivity contribution in [1.82, 2.24) is 0 Å². The van der Waals surface area contributed by atoms with Crippen molar-refractivity contribution >= 4 is 27.3 Å². The maximum atomic E-state index is 14.0. The first-order chi connectivity index (χ1) is 17.0. The molecule has 4 aromatic carbocycles. The molecule has 0 spiro atoms. The van der Waals surface area contributed by atoms with Gasteiger partial charge in [-0.15, -0.1) is 0 Å². The largest absolute Gasteiger partial charge is 0.305 e. The van der Waals surface area contributed by atoms with Crippen molar-refractivity contribution in [2.45, 2.75) is 30.8 Å². The Kier molecular flexibility index (Phi) is 6.14. The Morgan fingerprint density at radius 3 is 2.17 bits per heavy atom. The number of carbonyl (C=O) groups is 1. The summed E-state index contributed by atoms with van der Waals surface area (Å²) in [4.78, 5) is 15.9. The van der Waals surface area contributed by atoms with Gasteiger partial charge in [-0.1, -0.05) is 78.9 Å². The highest BCUT2D eigenvalue weighted by Gasteiger charge is 2.35. The van der Waals surface area contributed by atoms with E-state index in [0.29, 0.717) is 11.3 Å². The Bertz CT molecular complexity index is 1450. The third-order valence-electron chi connectivity index (χ3n) is 6.33. The summed E-state index contributed by atoms with van der Waals surface area (Å²) in [6, 6.07) is 32.6. The molecule has 0 saturated carbocycles. The number of sulfonamides is 1. The number of nitrogens with zero attached hydrogens (tertiary/aromatic N) is 2. The van der Waals surface area contributed by atoms with Gasteiger partial charge < -0.3 is 4.90 Å². The van der Waals surface area contributed by atoms with Crippen LogP contribution in [0.25, 0.3) is 0 Å². The molecule has 1 aliphatic heterocycles. The molecule has 0 saturated heterocycles. The van der Waals surface area contributed by atoms with E-state index in [1.807, 2.05) is 61.5 Å². The Balaban J connectivity index is 1.63. The molecule has 5 nitrogen and oxygen atoms in total. The summed E-state index contributed by atoms with van der Waals surface area (Å²) < 4.78 is 29.1. The third-order valence-corrected chi connectivity index (χ3v) is 8.10. The molecule has 0 bridgehead atoms. The Morgan fingerprint density at radius 2 is 1.43 bits per heavy atom. The van der Waals surface area contributed by atoms with Gasteiger partial charge in [0.2, 0.25) is 0 Å². The molecule has 35 heavy (non-hydrogen) atoms. The predicted molar refractivity (Wildman–Crippen MR) is 139 cm³/mol. The van der Waals surface area contributed by atoms with Gasteiger partial charge in [-0.25, -0.2) is 8.42 Å². The second-order valence-corrected chi connectivity index (χ2v) is 10.5. The first-order valence-electron chi connectivity index (χ1n) is 11.6. The van der Waals surface area contributed by atoms with Crippen LogP contribution in [0.2, 0.25) is 0 Å². The van der Waals surface area contributed by atoms with E-state index < -0.39 is 10.0 Å². The molecule has 0 fully saturated rings. The SMILES string of the molecule is C[C@@H]1Cc2ccccc2N1C(=O)c1ccccc1N(Cc1ccccc1)S(=O)(=O)c1ccccc1. The van der Waals surface area contributed by atoms with Crippen LogP contribution in [-0.2, 0) is 23.0 Å².